The number of benzene rings is 1. The third-order valence-corrected chi connectivity index (χ3v) is 3.41. The average Bonchev–Trinajstić information content (AvgIpc) is 2.39. The van der Waals surface area contributed by atoms with Crippen LogP contribution in [0.1, 0.15) is 31.9 Å². The van der Waals surface area contributed by atoms with Gasteiger partial charge in [-0.25, -0.2) is 4.39 Å². The van der Waals surface area contributed by atoms with Crippen LogP contribution in [0.3, 0.4) is 0 Å². The van der Waals surface area contributed by atoms with Crippen molar-refractivity contribution in [2.24, 2.45) is 11.7 Å². The highest BCUT2D eigenvalue weighted by atomic mass is 19.1. The first-order chi connectivity index (χ1) is 8.52. The van der Waals surface area contributed by atoms with Gasteiger partial charge in [-0.05, 0) is 19.4 Å². The van der Waals surface area contributed by atoms with E-state index in [1.807, 2.05) is 13.8 Å². The maximum atomic E-state index is 13.7. The van der Waals surface area contributed by atoms with Gasteiger partial charge in [-0.15, -0.1) is 0 Å². The van der Waals surface area contributed by atoms with Crippen LogP contribution in [0.5, 0.6) is 0 Å². The minimum absolute atomic E-state index is 0.0317. The lowest BCUT2D eigenvalue weighted by Crippen LogP contribution is -2.38. The lowest BCUT2D eigenvalue weighted by Gasteiger charge is -2.28. The third-order valence-electron chi connectivity index (χ3n) is 3.41. The Bertz CT molecular complexity index is 405. The van der Waals surface area contributed by atoms with Crippen LogP contribution >= 0.6 is 0 Å². The molecule has 3 nitrogen and oxygen atoms in total. The number of hydrogen-bond acceptors (Lipinski definition) is 2. The van der Waals surface area contributed by atoms with Crippen LogP contribution in [0, 0.1) is 11.7 Å². The Morgan fingerprint density at radius 3 is 2.56 bits per heavy atom. The molecule has 0 aliphatic rings. The molecule has 0 aliphatic heterocycles. The maximum Gasteiger partial charge on any atom is 0.227 e. The lowest BCUT2D eigenvalue weighted by atomic mass is 10.0. The molecule has 1 amide bonds. The molecule has 2 unspecified atom stereocenters. The summed E-state index contributed by atoms with van der Waals surface area (Å²) in [6.45, 7) is 4.07. The quantitative estimate of drug-likeness (QED) is 0.874. The predicted octanol–water partition coefficient (Wildman–Crippen LogP) is 2.33. The van der Waals surface area contributed by atoms with E-state index in [2.05, 4.69) is 0 Å². The largest absolute Gasteiger partial charge is 0.339 e. The Hall–Kier alpha value is -1.42. The summed E-state index contributed by atoms with van der Waals surface area (Å²) in [5.74, 6) is -0.509. The number of rotatable bonds is 5. The molecule has 0 saturated carbocycles. The monoisotopic (exact) mass is 252 g/mol. The highest BCUT2D eigenvalue weighted by molar-refractivity contribution is 5.79. The standard InChI is InChI=1S/C14H21FN2O/c1-4-11(9-16)14(18)17(3)10(2)12-7-5-6-8-13(12)15/h5-8,10-11H,4,9,16H2,1-3H3. The number of nitrogens with zero attached hydrogens (tertiary/aromatic N) is 1. The van der Waals surface area contributed by atoms with Gasteiger partial charge in [-0.2, -0.15) is 0 Å². The van der Waals surface area contributed by atoms with Crippen molar-refractivity contribution in [3.8, 4) is 0 Å². The van der Waals surface area contributed by atoms with Gasteiger partial charge in [-0.3, -0.25) is 4.79 Å². The van der Waals surface area contributed by atoms with E-state index in [-0.39, 0.29) is 23.7 Å². The molecular formula is C14H21FN2O. The van der Waals surface area contributed by atoms with E-state index in [4.69, 9.17) is 5.73 Å². The Morgan fingerprint density at radius 2 is 2.06 bits per heavy atom. The summed E-state index contributed by atoms with van der Waals surface area (Å²) in [5, 5.41) is 0. The van der Waals surface area contributed by atoms with Gasteiger partial charge in [0.1, 0.15) is 5.82 Å². The minimum Gasteiger partial charge on any atom is -0.339 e. The van der Waals surface area contributed by atoms with E-state index in [1.54, 1.807) is 30.1 Å². The van der Waals surface area contributed by atoms with Crippen LogP contribution in [-0.2, 0) is 4.79 Å². The second kappa shape index (κ2) is 6.50. The number of carbonyl (C=O) groups excluding carboxylic acids is 1. The van der Waals surface area contributed by atoms with Crippen molar-refractivity contribution in [1.82, 2.24) is 4.90 Å². The van der Waals surface area contributed by atoms with E-state index in [0.29, 0.717) is 18.5 Å². The average molecular weight is 252 g/mol. The van der Waals surface area contributed by atoms with Gasteiger partial charge in [0.25, 0.3) is 0 Å². The summed E-state index contributed by atoms with van der Waals surface area (Å²) in [4.78, 5) is 13.7. The van der Waals surface area contributed by atoms with E-state index >= 15 is 0 Å². The van der Waals surface area contributed by atoms with Crippen molar-refractivity contribution in [1.29, 1.82) is 0 Å². The summed E-state index contributed by atoms with van der Waals surface area (Å²) in [6, 6.07) is 6.23. The van der Waals surface area contributed by atoms with Crippen molar-refractivity contribution in [3.05, 3.63) is 35.6 Å². The Labute approximate surface area is 108 Å². The molecule has 0 radical (unpaired) electrons. The first-order valence-corrected chi connectivity index (χ1v) is 6.24. The van der Waals surface area contributed by atoms with E-state index < -0.39 is 0 Å². The second-order valence-electron chi connectivity index (χ2n) is 4.49. The lowest BCUT2D eigenvalue weighted by molar-refractivity contribution is -0.136. The molecule has 1 rings (SSSR count). The molecule has 0 aliphatic carbocycles. The van der Waals surface area contributed by atoms with Gasteiger partial charge in [0, 0.05) is 19.2 Å². The molecule has 2 atom stereocenters. The fourth-order valence-electron chi connectivity index (χ4n) is 1.94. The topological polar surface area (TPSA) is 46.3 Å². The molecule has 0 aromatic heterocycles. The van der Waals surface area contributed by atoms with Crippen molar-refractivity contribution < 1.29 is 9.18 Å². The summed E-state index contributed by atoms with van der Waals surface area (Å²) in [7, 11) is 1.69. The molecule has 0 spiro atoms. The summed E-state index contributed by atoms with van der Waals surface area (Å²) in [6.07, 6.45) is 0.698. The molecule has 0 saturated heterocycles. The van der Waals surface area contributed by atoms with Crippen molar-refractivity contribution in [2.75, 3.05) is 13.6 Å². The second-order valence-corrected chi connectivity index (χ2v) is 4.49. The Kier molecular flexibility index (Phi) is 5.28. The molecule has 100 valence electrons. The van der Waals surface area contributed by atoms with E-state index in [0.717, 1.165) is 0 Å². The zero-order valence-electron chi connectivity index (χ0n) is 11.2. The fraction of sp³-hybridized carbons (Fsp3) is 0.500. The van der Waals surface area contributed by atoms with Gasteiger partial charge < -0.3 is 10.6 Å². The maximum absolute atomic E-state index is 13.7. The Morgan fingerprint density at radius 1 is 1.44 bits per heavy atom. The smallest absolute Gasteiger partial charge is 0.227 e. The van der Waals surface area contributed by atoms with Crippen LogP contribution in [0.15, 0.2) is 24.3 Å². The van der Waals surface area contributed by atoms with Gasteiger partial charge in [0.2, 0.25) is 5.91 Å². The molecule has 2 N–H and O–H groups in total. The predicted molar refractivity (Wildman–Crippen MR) is 70.4 cm³/mol. The first-order valence-electron chi connectivity index (χ1n) is 6.24. The SMILES string of the molecule is CCC(CN)C(=O)N(C)C(C)c1ccccc1F. The Balaban J connectivity index is 2.87. The molecule has 0 bridgehead atoms. The molecule has 4 heteroatoms. The normalized spacial score (nSPS) is 14.1. The van der Waals surface area contributed by atoms with Gasteiger partial charge in [0.15, 0.2) is 0 Å². The van der Waals surface area contributed by atoms with Crippen molar-refractivity contribution >= 4 is 5.91 Å². The van der Waals surface area contributed by atoms with E-state index in [1.165, 1.54) is 6.07 Å². The summed E-state index contributed by atoms with van der Waals surface area (Å²) >= 11 is 0. The number of amides is 1. The van der Waals surface area contributed by atoms with Crippen LogP contribution in [0.2, 0.25) is 0 Å². The highest BCUT2D eigenvalue weighted by Gasteiger charge is 2.24. The van der Waals surface area contributed by atoms with E-state index in [9.17, 15) is 9.18 Å². The van der Waals surface area contributed by atoms with Gasteiger partial charge >= 0.3 is 0 Å². The highest BCUT2D eigenvalue weighted by Crippen LogP contribution is 2.23. The summed E-state index contributed by atoms with van der Waals surface area (Å²) < 4.78 is 13.7. The van der Waals surface area contributed by atoms with Crippen LogP contribution < -0.4 is 5.73 Å². The summed E-state index contributed by atoms with van der Waals surface area (Å²) in [5.41, 5.74) is 6.10. The number of carbonyl (C=O) groups is 1. The van der Waals surface area contributed by atoms with Gasteiger partial charge in [0.05, 0.1) is 12.0 Å². The molecule has 0 heterocycles. The number of halogens is 1. The zero-order valence-corrected chi connectivity index (χ0v) is 11.2. The molecular weight excluding hydrogens is 231 g/mol. The fourth-order valence-corrected chi connectivity index (χ4v) is 1.94. The van der Waals surface area contributed by atoms with Crippen LogP contribution in [-0.4, -0.2) is 24.4 Å². The van der Waals surface area contributed by atoms with Crippen molar-refractivity contribution in [2.45, 2.75) is 26.3 Å². The molecule has 1 aromatic rings. The van der Waals surface area contributed by atoms with Crippen LogP contribution in [0.4, 0.5) is 4.39 Å². The molecule has 0 fully saturated rings. The number of hydrogen-bond donors (Lipinski definition) is 1. The first kappa shape index (κ1) is 14.6. The number of nitrogens with two attached hydrogens (primary N) is 1. The van der Waals surface area contributed by atoms with Crippen LogP contribution in [0.25, 0.3) is 0 Å². The molecule has 1 aromatic carbocycles. The molecule has 18 heavy (non-hydrogen) atoms. The third kappa shape index (κ3) is 3.07. The van der Waals surface area contributed by atoms with Crippen molar-refractivity contribution in [3.63, 3.8) is 0 Å². The minimum atomic E-state index is -0.292. The van der Waals surface area contributed by atoms with Gasteiger partial charge in [-0.1, -0.05) is 25.1 Å². The zero-order chi connectivity index (χ0) is 13.7.